The summed E-state index contributed by atoms with van der Waals surface area (Å²) in [5.74, 6) is 0.699. The lowest BCUT2D eigenvalue weighted by Crippen LogP contribution is -2.43. The van der Waals surface area contributed by atoms with Crippen LogP contribution in [0, 0.1) is 0 Å². The minimum atomic E-state index is -0.107. The third kappa shape index (κ3) is 4.70. The number of methoxy groups -OCH3 is 1. The lowest BCUT2D eigenvalue weighted by atomic mass is 9.88. The average Bonchev–Trinajstić information content (AvgIpc) is 2.78. The van der Waals surface area contributed by atoms with Crippen LogP contribution in [0.1, 0.15) is 38.8 Å². The number of fused-ring (bicyclic) bond motifs is 1. The van der Waals surface area contributed by atoms with Gasteiger partial charge < -0.3 is 20.3 Å². The summed E-state index contributed by atoms with van der Waals surface area (Å²) in [6.07, 6.45) is 0.764. The van der Waals surface area contributed by atoms with E-state index in [1.807, 2.05) is 65.6 Å². The molecule has 0 spiro atoms. The highest BCUT2D eigenvalue weighted by atomic mass is 16.5. The van der Waals surface area contributed by atoms with Gasteiger partial charge in [-0.2, -0.15) is 0 Å². The Balaban J connectivity index is 1.77. The summed E-state index contributed by atoms with van der Waals surface area (Å²) in [5.41, 5.74) is 5.64. The minimum Gasteiger partial charge on any atom is -0.495 e. The van der Waals surface area contributed by atoms with Crippen LogP contribution in [0.15, 0.2) is 66.7 Å². The highest BCUT2D eigenvalue weighted by Gasteiger charge is 2.33. The molecule has 0 radical (unpaired) electrons. The molecule has 170 valence electrons. The molecule has 0 aliphatic carbocycles. The fourth-order valence-electron chi connectivity index (χ4n) is 4.59. The van der Waals surface area contributed by atoms with E-state index in [9.17, 15) is 9.59 Å². The Bertz CT molecular complexity index is 1190. The molecule has 6 heteroatoms. The van der Waals surface area contributed by atoms with E-state index in [0.29, 0.717) is 0 Å². The van der Waals surface area contributed by atoms with Gasteiger partial charge in [0.05, 0.1) is 18.8 Å². The van der Waals surface area contributed by atoms with Gasteiger partial charge in [-0.25, -0.2) is 0 Å². The fraction of sp³-hybridized carbons (Fsp3) is 0.259. The number of ether oxygens (including phenoxy) is 1. The molecule has 0 fully saturated rings. The zero-order valence-corrected chi connectivity index (χ0v) is 19.4. The van der Waals surface area contributed by atoms with E-state index in [0.717, 1.165) is 45.9 Å². The van der Waals surface area contributed by atoms with Crippen molar-refractivity contribution in [2.45, 2.75) is 39.3 Å². The number of carbonyl (C=O) groups is 2. The molecule has 0 saturated carbocycles. The Morgan fingerprint density at radius 1 is 0.970 bits per heavy atom. The van der Waals surface area contributed by atoms with Gasteiger partial charge in [0.15, 0.2) is 0 Å². The Kier molecular flexibility index (Phi) is 6.36. The van der Waals surface area contributed by atoms with Gasteiger partial charge in [-0.05, 0) is 66.4 Å². The highest BCUT2D eigenvalue weighted by molar-refractivity contribution is 5.94. The summed E-state index contributed by atoms with van der Waals surface area (Å²) in [5, 5.41) is 6.48. The first-order valence-electron chi connectivity index (χ1n) is 11.1. The van der Waals surface area contributed by atoms with E-state index >= 15 is 0 Å². The number of carbonyl (C=O) groups excluding carboxylic acids is 2. The van der Waals surface area contributed by atoms with Crippen LogP contribution in [0.3, 0.4) is 0 Å². The molecule has 6 nitrogen and oxygen atoms in total. The molecule has 0 aromatic heterocycles. The molecule has 2 amide bonds. The van der Waals surface area contributed by atoms with E-state index < -0.39 is 0 Å². The van der Waals surface area contributed by atoms with E-state index in [1.54, 1.807) is 14.0 Å². The number of nitrogens with zero attached hydrogens (tertiary/aromatic N) is 1. The smallest absolute Gasteiger partial charge is 0.224 e. The van der Waals surface area contributed by atoms with Crippen LogP contribution in [0.4, 0.5) is 17.1 Å². The molecule has 0 saturated heterocycles. The van der Waals surface area contributed by atoms with Crippen LogP contribution < -0.4 is 20.3 Å². The number of anilines is 3. The number of amides is 2. The summed E-state index contributed by atoms with van der Waals surface area (Å²) >= 11 is 0. The molecule has 3 aromatic carbocycles. The van der Waals surface area contributed by atoms with Crippen LogP contribution in [0.2, 0.25) is 0 Å². The molecule has 33 heavy (non-hydrogen) atoms. The summed E-state index contributed by atoms with van der Waals surface area (Å²) in [6.45, 7) is 5.18. The minimum absolute atomic E-state index is 0.000349. The first-order chi connectivity index (χ1) is 15.9. The molecular weight excluding hydrogens is 414 g/mol. The highest BCUT2D eigenvalue weighted by Crippen LogP contribution is 2.42. The molecule has 4 rings (SSSR count). The molecule has 2 atom stereocenters. The Labute approximate surface area is 194 Å². The van der Waals surface area contributed by atoms with E-state index in [-0.39, 0.29) is 23.9 Å². The molecule has 2 unspecified atom stereocenters. The standard InChI is InChI=1S/C27H29N3O3/c1-17-14-25(29-24-10-5-6-11-27(24)33-4)23-16-21(12-13-26(23)30(17)19(3)32)20-8-7-9-22(15-20)28-18(2)31/h5-13,15-17,25,29H,14H2,1-4H3,(H,28,31). The van der Waals surface area contributed by atoms with Gasteiger partial charge in [0.25, 0.3) is 0 Å². The maximum absolute atomic E-state index is 12.5. The Hall–Kier alpha value is -3.80. The second-order valence-corrected chi connectivity index (χ2v) is 8.41. The van der Waals surface area contributed by atoms with Crippen molar-refractivity contribution in [2.75, 3.05) is 22.6 Å². The van der Waals surface area contributed by atoms with Gasteiger partial charge in [-0.1, -0.05) is 30.3 Å². The summed E-state index contributed by atoms with van der Waals surface area (Å²) < 4.78 is 5.54. The number of hydrogen-bond donors (Lipinski definition) is 2. The Morgan fingerprint density at radius 3 is 2.45 bits per heavy atom. The van der Waals surface area contributed by atoms with Crippen molar-refractivity contribution >= 4 is 28.9 Å². The fourth-order valence-corrected chi connectivity index (χ4v) is 4.59. The second kappa shape index (κ2) is 9.36. The second-order valence-electron chi connectivity index (χ2n) is 8.41. The summed E-state index contributed by atoms with van der Waals surface area (Å²) in [6, 6.07) is 21.9. The van der Waals surface area contributed by atoms with Crippen molar-refractivity contribution in [3.63, 3.8) is 0 Å². The van der Waals surface area contributed by atoms with Crippen molar-refractivity contribution in [3.05, 3.63) is 72.3 Å². The number of benzene rings is 3. The van der Waals surface area contributed by atoms with E-state index in [1.165, 1.54) is 6.92 Å². The van der Waals surface area contributed by atoms with Crippen LogP contribution in [-0.2, 0) is 9.59 Å². The summed E-state index contributed by atoms with van der Waals surface area (Å²) in [7, 11) is 1.66. The predicted molar refractivity (Wildman–Crippen MR) is 133 cm³/mol. The number of nitrogens with one attached hydrogen (secondary N) is 2. The number of rotatable bonds is 5. The third-order valence-corrected chi connectivity index (χ3v) is 5.97. The van der Waals surface area contributed by atoms with Crippen molar-refractivity contribution < 1.29 is 14.3 Å². The molecule has 0 bridgehead atoms. The molecule has 2 N–H and O–H groups in total. The third-order valence-electron chi connectivity index (χ3n) is 5.97. The van der Waals surface area contributed by atoms with Gasteiger partial charge >= 0.3 is 0 Å². The normalized spacial score (nSPS) is 17.2. The van der Waals surface area contributed by atoms with Gasteiger partial charge in [-0.3, -0.25) is 9.59 Å². The molecular formula is C27H29N3O3. The van der Waals surface area contributed by atoms with Crippen molar-refractivity contribution in [2.24, 2.45) is 0 Å². The van der Waals surface area contributed by atoms with Gasteiger partial charge in [0.2, 0.25) is 11.8 Å². The van der Waals surface area contributed by atoms with Crippen LogP contribution in [0.25, 0.3) is 11.1 Å². The maximum atomic E-state index is 12.5. The number of para-hydroxylation sites is 2. The first-order valence-corrected chi connectivity index (χ1v) is 11.1. The lowest BCUT2D eigenvalue weighted by molar-refractivity contribution is -0.117. The quantitative estimate of drug-likeness (QED) is 0.537. The average molecular weight is 444 g/mol. The Morgan fingerprint density at radius 2 is 1.73 bits per heavy atom. The first kappa shape index (κ1) is 22.4. The van der Waals surface area contributed by atoms with Crippen LogP contribution >= 0.6 is 0 Å². The van der Waals surface area contributed by atoms with E-state index in [4.69, 9.17) is 4.74 Å². The largest absolute Gasteiger partial charge is 0.495 e. The van der Waals surface area contributed by atoms with Gasteiger partial charge in [-0.15, -0.1) is 0 Å². The molecule has 1 aliphatic rings. The predicted octanol–water partition coefficient (Wildman–Crippen LogP) is 5.62. The van der Waals surface area contributed by atoms with Crippen molar-refractivity contribution in [1.82, 2.24) is 0 Å². The van der Waals surface area contributed by atoms with Crippen molar-refractivity contribution in [1.29, 1.82) is 0 Å². The molecule has 1 aliphatic heterocycles. The van der Waals surface area contributed by atoms with E-state index in [2.05, 4.69) is 23.6 Å². The monoisotopic (exact) mass is 443 g/mol. The van der Waals surface area contributed by atoms with Crippen LogP contribution in [-0.4, -0.2) is 25.0 Å². The SMILES string of the molecule is COc1ccccc1NC1CC(C)N(C(C)=O)c2ccc(-c3cccc(NC(C)=O)c3)cc21. The van der Waals surface area contributed by atoms with Crippen molar-refractivity contribution in [3.8, 4) is 16.9 Å². The number of hydrogen-bond acceptors (Lipinski definition) is 4. The lowest BCUT2D eigenvalue weighted by Gasteiger charge is -2.40. The molecule has 3 aromatic rings. The maximum Gasteiger partial charge on any atom is 0.224 e. The zero-order chi connectivity index (χ0) is 23.5. The summed E-state index contributed by atoms with van der Waals surface area (Å²) in [4.78, 5) is 25.8. The van der Waals surface area contributed by atoms with Gasteiger partial charge in [0.1, 0.15) is 5.75 Å². The zero-order valence-electron chi connectivity index (χ0n) is 19.4. The van der Waals surface area contributed by atoms with Crippen LogP contribution in [0.5, 0.6) is 5.75 Å². The van der Waals surface area contributed by atoms with Gasteiger partial charge in [0, 0.05) is 31.3 Å². The molecule has 1 heterocycles. The topological polar surface area (TPSA) is 70.7 Å².